The molecule has 8 aromatic rings. The summed E-state index contributed by atoms with van der Waals surface area (Å²) < 4.78 is 5.03. The van der Waals surface area contributed by atoms with Crippen LogP contribution in [0.25, 0.3) is 55.7 Å². The summed E-state index contributed by atoms with van der Waals surface area (Å²) in [5.74, 6) is 0. The third kappa shape index (κ3) is 3.91. The third-order valence-electron chi connectivity index (χ3n) is 11.1. The Morgan fingerprint density at radius 3 is 1.69 bits per heavy atom. The summed E-state index contributed by atoms with van der Waals surface area (Å²) in [5, 5.41) is 2.64. The van der Waals surface area contributed by atoms with Crippen LogP contribution >= 0.6 is 11.8 Å². The minimum absolute atomic E-state index is 0.0378. The van der Waals surface area contributed by atoms with Gasteiger partial charge in [0.25, 0.3) is 0 Å². The molecule has 2 aliphatic rings. The van der Waals surface area contributed by atoms with Crippen molar-refractivity contribution in [2.75, 3.05) is 0 Å². The van der Waals surface area contributed by atoms with Crippen LogP contribution in [0.4, 0.5) is 0 Å². The van der Waals surface area contributed by atoms with Crippen LogP contribution in [-0.2, 0) is 10.8 Å². The first-order valence-corrected chi connectivity index (χ1v) is 18.0. The van der Waals surface area contributed by atoms with Crippen molar-refractivity contribution in [3.8, 4) is 33.9 Å². The Labute approximate surface area is 291 Å². The average molecular weight is 649 g/mol. The summed E-state index contributed by atoms with van der Waals surface area (Å²) in [5.41, 5.74) is 15.3. The van der Waals surface area contributed by atoms with Crippen LogP contribution in [0.3, 0.4) is 0 Å². The van der Waals surface area contributed by atoms with E-state index < -0.39 is 0 Å². The Bertz CT molecular complexity index is 2630. The molecule has 0 saturated carbocycles. The van der Waals surface area contributed by atoms with Crippen molar-refractivity contribution in [3.05, 3.63) is 168 Å². The van der Waals surface area contributed by atoms with Crippen molar-refractivity contribution in [2.24, 2.45) is 0 Å². The van der Waals surface area contributed by atoms with Crippen LogP contribution in [0.5, 0.6) is 0 Å². The molecule has 10 rings (SSSR count). The molecule has 2 nitrogen and oxygen atoms in total. The van der Waals surface area contributed by atoms with E-state index in [-0.39, 0.29) is 10.8 Å². The quantitative estimate of drug-likeness (QED) is 0.185. The Kier molecular flexibility index (Phi) is 5.94. The molecule has 0 spiro atoms. The normalized spacial score (nSPS) is 15.2. The van der Waals surface area contributed by atoms with E-state index in [0.29, 0.717) is 0 Å². The van der Waals surface area contributed by atoms with E-state index in [1.165, 1.54) is 87.7 Å². The maximum Gasteiger partial charge on any atom is 0.0753 e. The lowest BCUT2D eigenvalue weighted by Gasteiger charge is -2.34. The fraction of sp³-hybridized carbons (Fsp3) is 0.130. The van der Waals surface area contributed by atoms with E-state index in [0.717, 1.165) is 0 Å². The van der Waals surface area contributed by atoms with Gasteiger partial charge in [-0.15, -0.1) is 0 Å². The van der Waals surface area contributed by atoms with Gasteiger partial charge in [-0.25, -0.2) is 0 Å². The second kappa shape index (κ2) is 10.1. The van der Waals surface area contributed by atoms with E-state index >= 15 is 0 Å². The first kappa shape index (κ1) is 28.7. The van der Waals surface area contributed by atoms with Gasteiger partial charge >= 0.3 is 0 Å². The topological polar surface area (TPSA) is 9.86 Å². The first-order valence-electron chi connectivity index (χ1n) is 17.2. The van der Waals surface area contributed by atoms with Crippen molar-refractivity contribution in [1.82, 2.24) is 9.13 Å². The molecule has 3 heteroatoms. The molecule has 1 aliphatic carbocycles. The molecule has 2 aromatic heterocycles. The molecule has 49 heavy (non-hydrogen) atoms. The molecule has 236 valence electrons. The molecule has 0 fully saturated rings. The molecule has 0 atom stereocenters. The number of hydrogen-bond acceptors (Lipinski definition) is 1. The summed E-state index contributed by atoms with van der Waals surface area (Å²) in [6.07, 6.45) is 0. The predicted octanol–water partition coefficient (Wildman–Crippen LogP) is 12.3. The van der Waals surface area contributed by atoms with E-state index in [1.807, 2.05) is 11.8 Å². The third-order valence-corrected chi connectivity index (χ3v) is 12.2. The average Bonchev–Trinajstić information content (AvgIpc) is 3.73. The van der Waals surface area contributed by atoms with Gasteiger partial charge in [0.05, 0.1) is 22.4 Å². The standard InChI is InChI=1S/C46H36N2S/c1-45(2)35-21-10-13-24-39(35)49-40-28-30(25-26-36(40)45)29-15-14-18-32(27-29)48-38-23-12-9-20-34(38)42-44(48)43-41(46(42,3)4)33-19-8-11-22-37(33)47(43)31-16-6-5-7-17-31/h5-28H,1-4H3. The fourth-order valence-corrected chi connectivity index (χ4v) is 10.3. The number of benzene rings is 6. The van der Waals surface area contributed by atoms with Crippen molar-refractivity contribution in [2.45, 2.75) is 48.3 Å². The van der Waals surface area contributed by atoms with Crippen molar-refractivity contribution < 1.29 is 0 Å². The van der Waals surface area contributed by atoms with Gasteiger partial charge in [-0.3, -0.25) is 0 Å². The smallest absolute Gasteiger partial charge is 0.0753 e. The summed E-state index contributed by atoms with van der Waals surface area (Å²) in [4.78, 5) is 2.70. The first-order chi connectivity index (χ1) is 23.8. The molecule has 0 radical (unpaired) electrons. The highest BCUT2D eigenvalue weighted by atomic mass is 32.2. The second-order valence-electron chi connectivity index (χ2n) is 14.6. The Hall–Kier alpha value is -5.25. The molecule has 6 aromatic carbocycles. The lowest BCUT2D eigenvalue weighted by atomic mass is 9.77. The molecule has 0 bridgehead atoms. The van der Waals surface area contributed by atoms with E-state index in [9.17, 15) is 0 Å². The largest absolute Gasteiger partial charge is 0.307 e. The Morgan fingerprint density at radius 2 is 0.980 bits per heavy atom. The fourth-order valence-electron chi connectivity index (χ4n) is 8.89. The van der Waals surface area contributed by atoms with E-state index in [4.69, 9.17) is 0 Å². The number of nitrogens with zero attached hydrogens (tertiary/aromatic N) is 2. The zero-order valence-electron chi connectivity index (χ0n) is 28.2. The van der Waals surface area contributed by atoms with Crippen LogP contribution in [-0.4, -0.2) is 9.13 Å². The molecular formula is C46H36N2S. The van der Waals surface area contributed by atoms with Gasteiger partial charge in [0, 0.05) is 42.8 Å². The molecular weight excluding hydrogens is 613 g/mol. The van der Waals surface area contributed by atoms with Gasteiger partial charge in [0.15, 0.2) is 0 Å². The summed E-state index contributed by atoms with van der Waals surface area (Å²) in [6, 6.07) is 53.9. The van der Waals surface area contributed by atoms with Crippen LogP contribution in [0.1, 0.15) is 49.9 Å². The summed E-state index contributed by atoms with van der Waals surface area (Å²) >= 11 is 1.90. The zero-order valence-corrected chi connectivity index (χ0v) is 29.0. The van der Waals surface area contributed by atoms with Crippen LogP contribution < -0.4 is 0 Å². The van der Waals surface area contributed by atoms with Gasteiger partial charge in [-0.1, -0.05) is 137 Å². The second-order valence-corrected chi connectivity index (χ2v) is 15.7. The van der Waals surface area contributed by atoms with Gasteiger partial charge in [0.2, 0.25) is 0 Å². The van der Waals surface area contributed by atoms with Gasteiger partial charge in [-0.2, -0.15) is 0 Å². The highest BCUT2D eigenvalue weighted by Gasteiger charge is 2.45. The van der Waals surface area contributed by atoms with Gasteiger partial charge in [0.1, 0.15) is 0 Å². The van der Waals surface area contributed by atoms with Crippen molar-refractivity contribution in [1.29, 1.82) is 0 Å². The van der Waals surface area contributed by atoms with Crippen molar-refractivity contribution >= 4 is 33.6 Å². The van der Waals surface area contributed by atoms with Gasteiger partial charge < -0.3 is 9.13 Å². The molecule has 0 amide bonds. The number of hydrogen-bond donors (Lipinski definition) is 0. The van der Waals surface area contributed by atoms with Crippen LogP contribution in [0.2, 0.25) is 0 Å². The zero-order chi connectivity index (χ0) is 33.1. The highest BCUT2D eigenvalue weighted by molar-refractivity contribution is 7.99. The monoisotopic (exact) mass is 648 g/mol. The summed E-state index contributed by atoms with van der Waals surface area (Å²) in [7, 11) is 0. The maximum absolute atomic E-state index is 2.53. The number of rotatable bonds is 3. The molecule has 1 aliphatic heterocycles. The van der Waals surface area contributed by atoms with E-state index in [1.54, 1.807) is 0 Å². The van der Waals surface area contributed by atoms with Crippen molar-refractivity contribution in [3.63, 3.8) is 0 Å². The van der Waals surface area contributed by atoms with Crippen LogP contribution in [0, 0.1) is 0 Å². The number of fused-ring (bicyclic) bond motifs is 9. The van der Waals surface area contributed by atoms with Crippen LogP contribution in [0.15, 0.2) is 155 Å². The lowest BCUT2D eigenvalue weighted by Crippen LogP contribution is -2.23. The minimum Gasteiger partial charge on any atom is -0.307 e. The Balaban J connectivity index is 1.21. The SMILES string of the molecule is CC1(C)c2ccccc2Sc2cc(-c3cccc(-n4c5c(c6ccccc64)C(C)(C)c4c-5n(-c5ccccc5)c5ccccc45)c3)ccc21. The predicted molar refractivity (Wildman–Crippen MR) is 206 cm³/mol. The maximum atomic E-state index is 2.53. The Morgan fingerprint density at radius 1 is 0.429 bits per heavy atom. The van der Waals surface area contributed by atoms with E-state index in [2.05, 4.69) is 182 Å². The summed E-state index contributed by atoms with van der Waals surface area (Å²) in [6.45, 7) is 9.54. The highest BCUT2D eigenvalue weighted by Crippen LogP contribution is 2.57. The number of para-hydroxylation sites is 3. The lowest BCUT2D eigenvalue weighted by molar-refractivity contribution is 0.607. The molecule has 3 heterocycles. The van der Waals surface area contributed by atoms with Gasteiger partial charge in [-0.05, 0) is 81.9 Å². The molecule has 0 N–H and O–H groups in total. The molecule has 0 saturated heterocycles. The number of aromatic nitrogens is 2. The molecule has 0 unspecified atom stereocenters. The minimum atomic E-state index is -0.189.